The Balaban J connectivity index is 1.57. The Hall–Kier alpha value is -2.00. The van der Waals surface area contributed by atoms with Gasteiger partial charge in [-0.05, 0) is 93.2 Å². The van der Waals surface area contributed by atoms with Crippen molar-refractivity contribution >= 4 is 38.1 Å². The van der Waals surface area contributed by atoms with Crippen LogP contribution in [-0.2, 0) is 10.8 Å². The highest BCUT2D eigenvalue weighted by Gasteiger charge is 2.48. The molecule has 1 heterocycles. The van der Waals surface area contributed by atoms with Crippen molar-refractivity contribution in [1.29, 1.82) is 0 Å². The fourth-order valence-electron chi connectivity index (χ4n) is 5.70. The van der Waals surface area contributed by atoms with Crippen LogP contribution < -0.4 is 9.64 Å². The van der Waals surface area contributed by atoms with Gasteiger partial charge in [-0.15, -0.1) is 0 Å². The molecule has 2 bridgehead atoms. The van der Waals surface area contributed by atoms with Gasteiger partial charge in [0, 0.05) is 9.86 Å². The van der Waals surface area contributed by atoms with Gasteiger partial charge in [-0.3, -0.25) is 0 Å². The number of rotatable bonds is 1. The van der Waals surface area contributed by atoms with Crippen molar-refractivity contribution in [1.82, 2.24) is 0 Å². The molecular formula is C25H24BrNO. The summed E-state index contributed by atoms with van der Waals surface area (Å²) in [6, 6.07) is 17.7. The van der Waals surface area contributed by atoms with Crippen LogP contribution in [0.4, 0.5) is 11.4 Å². The molecule has 3 heteroatoms. The average molecular weight is 434 g/mol. The summed E-state index contributed by atoms with van der Waals surface area (Å²) >= 11 is 3.91. The van der Waals surface area contributed by atoms with E-state index in [1.165, 1.54) is 52.3 Å². The van der Waals surface area contributed by atoms with Gasteiger partial charge in [0.2, 0.25) is 0 Å². The first-order valence-electron chi connectivity index (χ1n) is 10.3. The highest BCUT2D eigenvalue weighted by atomic mass is 79.9. The monoisotopic (exact) mass is 433 g/mol. The van der Waals surface area contributed by atoms with Gasteiger partial charge in [-0.2, -0.15) is 0 Å². The minimum Gasteiger partial charge on any atom is -0.472 e. The number of anilines is 2. The molecule has 0 spiro atoms. The number of benzene rings is 3. The van der Waals surface area contributed by atoms with E-state index in [0.717, 1.165) is 5.75 Å². The van der Waals surface area contributed by atoms with Crippen LogP contribution in [0.25, 0.3) is 10.8 Å². The smallest absolute Gasteiger partial charge is 0.165 e. The summed E-state index contributed by atoms with van der Waals surface area (Å²) in [5.74, 6) is 0.983. The lowest BCUT2D eigenvalue weighted by Gasteiger charge is -2.52. The van der Waals surface area contributed by atoms with E-state index in [9.17, 15) is 0 Å². The fraction of sp³-hybridized carbons (Fsp3) is 0.360. The topological polar surface area (TPSA) is 12.5 Å². The minimum atomic E-state index is 0.309. The van der Waals surface area contributed by atoms with Crippen LogP contribution >= 0.6 is 15.9 Å². The van der Waals surface area contributed by atoms with Crippen LogP contribution in [0.3, 0.4) is 0 Å². The Bertz CT molecular complexity index is 1120. The van der Waals surface area contributed by atoms with E-state index in [0.29, 0.717) is 17.6 Å². The third kappa shape index (κ3) is 2.14. The molecule has 28 heavy (non-hydrogen) atoms. The van der Waals surface area contributed by atoms with Gasteiger partial charge in [0.15, 0.2) is 6.73 Å². The maximum absolute atomic E-state index is 6.17. The van der Waals surface area contributed by atoms with Crippen LogP contribution in [0.5, 0.6) is 5.75 Å². The molecule has 3 aliphatic carbocycles. The first-order chi connectivity index (χ1) is 13.5. The van der Waals surface area contributed by atoms with E-state index >= 15 is 0 Å². The van der Waals surface area contributed by atoms with Crippen molar-refractivity contribution in [3.8, 4) is 5.75 Å². The molecular weight excluding hydrogens is 410 g/mol. The van der Waals surface area contributed by atoms with E-state index in [4.69, 9.17) is 4.74 Å². The van der Waals surface area contributed by atoms with Gasteiger partial charge < -0.3 is 9.64 Å². The summed E-state index contributed by atoms with van der Waals surface area (Å²) in [5, 5.41) is 2.44. The van der Waals surface area contributed by atoms with E-state index in [1.807, 2.05) is 0 Å². The van der Waals surface area contributed by atoms with Crippen molar-refractivity contribution < 1.29 is 4.74 Å². The van der Waals surface area contributed by atoms with Crippen LogP contribution in [-0.4, -0.2) is 6.73 Å². The van der Waals surface area contributed by atoms with Gasteiger partial charge in [0.05, 0.1) is 11.4 Å². The van der Waals surface area contributed by atoms with Crippen molar-refractivity contribution in [2.24, 2.45) is 0 Å². The molecule has 1 fully saturated rings. The van der Waals surface area contributed by atoms with Gasteiger partial charge >= 0.3 is 0 Å². The van der Waals surface area contributed by atoms with Gasteiger partial charge in [-0.1, -0.05) is 38.1 Å². The lowest BCUT2D eigenvalue weighted by Crippen LogP contribution is -2.44. The Morgan fingerprint density at radius 1 is 0.857 bits per heavy atom. The molecule has 1 aliphatic heterocycles. The zero-order valence-electron chi connectivity index (χ0n) is 16.4. The second-order valence-electron chi connectivity index (χ2n) is 9.30. The maximum atomic E-state index is 6.17. The summed E-state index contributed by atoms with van der Waals surface area (Å²) in [6.07, 6.45) is 5.21. The molecule has 7 rings (SSSR count). The van der Waals surface area contributed by atoms with Gasteiger partial charge in [0.1, 0.15) is 5.75 Å². The molecule has 1 saturated carbocycles. The van der Waals surface area contributed by atoms with Crippen LogP contribution in [0.1, 0.15) is 50.7 Å². The molecule has 0 aromatic heterocycles. The quantitative estimate of drug-likeness (QED) is 0.402. The number of halogens is 1. The fourth-order valence-corrected chi connectivity index (χ4v) is 6.25. The normalized spacial score (nSPS) is 27.6. The Labute approximate surface area is 174 Å². The molecule has 0 atom stereocenters. The van der Waals surface area contributed by atoms with E-state index in [2.05, 4.69) is 83.2 Å². The number of ether oxygens (including phenoxy) is 1. The van der Waals surface area contributed by atoms with Gasteiger partial charge in [0.25, 0.3) is 0 Å². The first-order valence-corrected chi connectivity index (χ1v) is 11.0. The summed E-state index contributed by atoms with van der Waals surface area (Å²) in [5.41, 5.74) is 6.20. The van der Waals surface area contributed by atoms with Crippen LogP contribution in [0.2, 0.25) is 0 Å². The molecule has 3 aromatic carbocycles. The lowest BCUT2D eigenvalue weighted by molar-refractivity contribution is 0.187. The average Bonchev–Trinajstić information content (AvgIpc) is 2.71. The lowest BCUT2D eigenvalue weighted by atomic mass is 9.52. The van der Waals surface area contributed by atoms with Crippen molar-refractivity contribution in [3.63, 3.8) is 0 Å². The Morgan fingerprint density at radius 3 is 2.21 bits per heavy atom. The molecule has 0 unspecified atom stereocenters. The summed E-state index contributed by atoms with van der Waals surface area (Å²) < 4.78 is 7.34. The van der Waals surface area contributed by atoms with E-state index in [1.54, 1.807) is 11.1 Å². The van der Waals surface area contributed by atoms with Crippen molar-refractivity contribution in [2.45, 2.75) is 50.4 Å². The third-order valence-corrected chi connectivity index (χ3v) is 8.25. The largest absolute Gasteiger partial charge is 0.472 e. The van der Waals surface area contributed by atoms with Crippen LogP contribution in [0, 0.1) is 0 Å². The second kappa shape index (κ2) is 5.54. The molecule has 142 valence electrons. The molecule has 0 N–H and O–H groups in total. The minimum absolute atomic E-state index is 0.309. The zero-order chi connectivity index (χ0) is 19.1. The van der Waals surface area contributed by atoms with E-state index < -0.39 is 0 Å². The summed E-state index contributed by atoms with van der Waals surface area (Å²) in [6.45, 7) is 5.46. The number of hydrogen-bond donors (Lipinski definition) is 0. The highest BCUT2D eigenvalue weighted by molar-refractivity contribution is 9.10. The SMILES string of the molecule is CC12CCC(C)(CC1)c1cc(N3COc4cccc5cccc3c45)c(Br)cc12. The zero-order valence-corrected chi connectivity index (χ0v) is 18.0. The second-order valence-corrected chi connectivity index (χ2v) is 10.2. The van der Waals surface area contributed by atoms with Crippen molar-refractivity contribution in [3.05, 3.63) is 64.1 Å². The first kappa shape index (κ1) is 16.9. The molecule has 0 radical (unpaired) electrons. The molecule has 0 saturated heterocycles. The standard InChI is InChI=1S/C25H24BrNO/c1-24-9-11-25(2,12-10-24)18-14-21(19(26)13-17(18)24)27-15-28-22-8-4-6-16-5-3-7-20(27)23(16)22/h3-8,13-14H,9-12,15H2,1-2H3. The predicted molar refractivity (Wildman–Crippen MR) is 119 cm³/mol. The number of fused-ring (bicyclic) bond motifs is 2. The third-order valence-electron chi connectivity index (χ3n) is 7.62. The highest BCUT2D eigenvalue weighted by Crippen LogP contribution is 2.58. The number of hydrogen-bond acceptors (Lipinski definition) is 2. The van der Waals surface area contributed by atoms with Crippen LogP contribution in [0.15, 0.2) is 53.0 Å². The van der Waals surface area contributed by atoms with E-state index in [-0.39, 0.29) is 0 Å². The summed E-state index contributed by atoms with van der Waals surface area (Å²) in [4.78, 5) is 2.33. The molecule has 0 amide bonds. The predicted octanol–water partition coefficient (Wildman–Crippen LogP) is 7.19. The summed E-state index contributed by atoms with van der Waals surface area (Å²) in [7, 11) is 0. The van der Waals surface area contributed by atoms with Crippen molar-refractivity contribution in [2.75, 3.05) is 11.6 Å². The van der Waals surface area contributed by atoms with Gasteiger partial charge in [-0.25, -0.2) is 0 Å². The molecule has 4 aliphatic rings. The Morgan fingerprint density at radius 2 is 1.50 bits per heavy atom. The number of nitrogens with zero attached hydrogens (tertiary/aromatic N) is 1. The maximum Gasteiger partial charge on any atom is 0.165 e. The Kier molecular flexibility index (Phi) is 3.34. The molecule has 3 aromatic rings. The molecule has 2 nitrogen and oxygen atoms in total.